The van der Waals surface area contributed by atoms with Crippen molar-refractivity contribution in [3.8, 4) is 0 Å². The lowest BCUT2D eigenvalue weighted by Crippen LogP contribution is -1.98. The summed E-state index contributed by atoms with van der Waals surface area (Å²) in [6.45, 7) is 0. The van der Waals surface area contributed by atoms with Gasteiger partial charge in [0.15, 0.2) is 5.90 Å². The van der Waals surface area contributed by atoms with E-state index in [9.17, 15) is 0 Å². The summed E-state index contributed by atoms with van der Waals surface area (Å²) >= 11 is 0. The van der Waals surface area contributed by atoms with E-state index in [1.54, 1.807) is 7.11 Å². The molecule has 0 spiro atoms. The summed E-state index contributed by atoms with van der Waals surface area (Å²) in [4.78, 5) is 4.45. The number of ether oxygens (including phenoxy) is 1. The van der Waals surface area contributed by atoms with Crippen molar-refractivity contribution < 1.29 is 4.74 Å². The minimum absolute atomic E-state index is 0.852. The Labute approximate surface area is 78.3 Å². The fraction of sp³-hybridized carbons (Fsp3) is 0.364. The molecule has 0 saturated heterocycles. The molecule has 68 valence electrons. The molecule has 0 aromatic heterocycles. The van der Waals surface area contributed by atoms with Crippen LogP contribution in [0, 0.1) is 0 Å². The number of hydrogen-bond donors (Lipinski definition) is 0. The Bertz CT molecular complexity index is 331. The van der Waals surface area contributed by atoms with Gasteiger partial charge in [0.25, 0.3) is 0 Å². The molecule has 0 amide bonds. The van der Waals surface area contributed by atoms with Crippen molar-refractivity contribution in [3.63, 3.8) is 0 Å². The first-order valence-electron chi connectivity index (χ1n) is 4.59. The normalized spacial score (nSPS) is 15.6. The van der Waals surface area contributed by atoms with E-state index in [-0.39, 0.29) is 0 Å². The highest BCUT2D eigenvalue weighted by Crippen LogP contribution is 2.24. The number of aryl methyl sites for hydroxylation is 1. The van der Waals surface area contributed by atoms with Gasteiger partial charge < -0.3 is 4.74 Å². The Kier molecular flexibility index (Phi) is 2.30. The molecule has 1 heterocycles. The molecule has 2 rings (SSSR count). The van der Waals surface area contributed by atoms with Gasteiger partial charge in [0, 0.05) is 6.42 Å². The van der Waals surface area contributed by atoms with E-state index in [1.165, 1.54) is 5.56 Å². The molecule has 1 aromatic rings. The molecule has 0 saturated carbocycles. The molecule has 0 bridgehead atoms. The Hall–Kier alpha value is -1.31. The van der Waals surface area contributed by atoms with Crippen molar-refractivity contribution in [2.75, 3.05) is 7.11 Å². The number of para-hydroxylation sites is 1. The largest absolute Gasteiger partial charge is 0.484 e. The molecule has 0 unspecified atom stereocenters. The molecular formula is C11H13NO. The van der Waals surface area contributed by atoms with Crippen LogP contribution in [0.4, 0.5) is 5.69 Å². The Morgan fingerprint density at radius 2 is 2.08 bits per heavy atom. The van der Waals surface area contributed by atoms with Crippen molar-refractivity contribution in [2.24, 2.45) is 4.99 Å². The lowest BCUT2D eigenvalue weighted by Gasteiger charge is -2.00. The third kappa shape index (κ3) is 1.72. The molecule has 1 aliphatic rings. The summed E-state index contributed by atoms with van der Waals surface area (Å²) in [5.74, 6) is 0.852. The minimum Gasteiger partial charge on any atom is -0.484 e. The molecule has 13 heavy (non-hydrogen) atoms. The van der Waals surface area contributed by atoms with Crippen LogP contribution < -0.4 is 0 Å². The highest BCUT2D eigenvalue weighted by molar-refractivity contribution is 5.80. The van der Waals surface area contributed by atoms with Crippen LogP contribution in [0.1, 0.15) is 18.4 Å². The zero-order valence-corrected chi connectivity index (χ0v) is 7.79. The summed E-state index contributed by atoms with van der Waals surface area (Å²) in [5, 5.41) is 0. The second kappa shape index (κ2) is 3.60. The topological polar surface area (TPSA) is 21.6 Å². The van der Waals surface area contributed by atoms with Gasteiger partial charge in [-0.3, -0.25) is 0 Å². The molecule has 0 N–H and O–H groups in total. The van der Waals surface area contributed by atoms with Crippen molar-refractivity contribution in [3.05, 3.63) is 29.8 Å². The average Bonchev–Trinajstić information content (AvgIpc) is 2.38. The summed E-state index contributed by atoms with van der Waals surface area (Å²) in [6.07, 6.45) is 3.18. The SMILES string of the molecule is COC1=Nc2ccccc2CCC1. The van der Waals surface area contributed by atoms with Gasteiger partial charge in [0.2, 0.25) is 0 Å². The smallest absolute Gasteiger partial charge is 0.188 e. The van der Waals surface area contributed by atoms with Gasteiger partial charge in [0.1, 0.15) is 0 Å². The maximum Gasteiger partial charge on any atom is 0.188 e. The second-order valence-corrected chi connectivity index (χ2v) is 3.19. The lowest BCUT2D eigenvalue weighted by molar-refractivity contribution is 0.389. The van der Waals surface area contributed by atoms with Crippen LogP contribution in [0.15, 0.2) is 29.3 Å². The van der Waals surface area contributed by atoms with Gasteiger partial charge in [-0.05, 0) is 24.5 Å². The first kappa shape index (κ1) is 8.30. The number of methoxy groups -OCH3 is 1. The summed E-state index contributed by atoms with van der Waals surface area (Å²) in [6, 6.07) is 8.25. The standard InChI is InChI=1S/C11H13NO/c1-13-11-8-4-6-9-5-2-3-7-10(9)12-11/h2-3,5,7H,4,6,8H2,1H3. The molecule has 2 nitrogen and oxygen atoms in total. The maximum absolute atomic E-state index is 5.18. The van der Waals surface area contributed by atoms with Crippen LogP contribution in [-0.4, -0.2) is 13.0 Å². The Morgan fingerprint density at radius 3 is 2.92 bits per heavy atom. The fourth-order valence-corrected chi connectivity index (χ4v) is 1.60. The van der Waals surface area contributed by atoms with E-state index in [2.05, 4.69) is 17.1 Å². The number of fused-ring (bicyclic) bond motifs is 1. The monoisotopic (exact) mass is 175 g/mol. The van der Waals surface area contributed by atoms with E-state index in [0.717, 1.165) is 30.8 Å². The maximum atomic E-state index is 5.18. The van der Waals surface area contributed by atoms with Crippen LogP contribution in [0.3, 0.4) is 0 Å². The minimum atomic E-state index is 0.852. The summed E-state index contributed by atoms with van der Waals surface area (Å²) < 4.78 is 5.18. The zero-order chi connectivity index (χ0) is 9.10. The van der Waals surface area contributed by atoms with E-state index in [4.69, 9.17) is 4.74 Å². The van der Waals surface area contributed by atoms with E-state index < -0.39 is 0 Å². The Balaban J connectivity index is 2.40. The lowest BCUT2D eigenvalue weighted by atomic mass is 10.1. The molecule has 0 fully saturated rings. The summed E-state index contributed by atoms with van der Waals surface area (Å²) in [7, 11) is 1.69. The highest BCUT2D eigenvalue weighted by Gasteiger charge is 2.08. The van der Waals surface area contributed by atoms with Crippen LogP contribution in [0.5, 0.6) is 0 Å². The van der Waals surface area contributed by atoms with Gasteiger partial charge in [0.05, 0.1) is 12.8 Å². The number of aliphatic imine (C=N–C) groups is 1. The number of nitrogens with zero attached hydrogens (tertiary/aromatic N) is 1. The van der Waals surface area contributed by atoms with Gasteiger partial charge in [-0.2, -0.15) is 0 Å². The molecule has 0 radical (unpaired) electrons. The average molecular weight is 175 g/mol. The molecule has 1 aliphatic heterocycles. The predicted molar refractivity (Wildman–Crippen MR) is 53.5 cm³/mol. The van der Waals surface area contributed by atoms with Gasteiger partial charge in [-0.1, -0.05) is 18.2 Å². The van der Waals surface area contributed by atoms with E-state index in [1.807, 2.05) is 12.1 Å². The molecule has 2 heteroatoms. The summed E-state index contributed by atoms with van der Waals surface area (Å²) in [5.41, 5.74) is 2.39. The van der Waals surface area contributed by atoms with Crippen molar-refractivity contribution in [1.82, 2.24) is 0 Å². The van der Waals surface area contributed by atoms with Crippen molar-refractivity contribution in [1.29, 1.82) is 0 Å². The number of benzene rings is 1. The zero-order valence-electron chi connectivity index (χ0n) is 7.79. The predicted octanol–water partition coefficient (Wildman–Crippen LogP) is 2.70. The second-order valence-electron chi connectivity index (χ2n) is 3.19. The van der Waals surface area contributed by atoms with Gasteiger partial charge in [-0.25, -0.2) is 4.99 Å². The van der Waals surface area contributed by atoms with Crippen LogP contribution in [-0.2, 0) is 11.2 Å². The van der Waals surface area contributed by atoms with Crippen molar-refractivity contribution in [2.45, 2.75) is 19.3 Å². The molecule has 0 atom stereocenters. The molecule has 1 aromatic carbocycles. The van der Waals surface area contributed by atoms with Crippen LogP contribution in [0.25, 0.3) is 0 Å². The third-order valence-corrected chi connectivity index (χ3v) is 2.31. The Morgan fingerprint density at radius 1 is 1.23 bits per heavy atom. The van der Waals surface area contributed by atoms with E-state index >= 15 is 0 Å². The highest BCUT2D eigenvalue weighted by atomic mass is 16.5. The number of rotatable bonds is 0. The van der Waals surface area contributed by atoms with E-state index in [0.29, 0.717) is 0 Å². The third-order valence-electron chi connectivity index (χ3n) is 2.31. The quantitative estimate of drug-likeness (QED) is 0.594. The van der Waals surface area contributed by atoms with Crippen LogP contribution >= 0.6 is 0 Å². The van der Waals surface area contributed by atoms with Gasteiger partial charge >= 0.3 is 0 Å². The first-order valence-corrected chi connectivity index (χ1v) is 4.59. The van der Waals surface area contributed by atoms with Gasteiger partial charge in [-0.15, -0.1) is 0 Å². The van der Waals surface area contributed by atoms with Crippen LogP contribution in [0.2, 0.25) is 0 Å². The molecule has 0 aliphatic carbocycles. The molecular weight excluding hydrogens is 162 g/mol. The number of hydrogen-bond acceptors (Lipinski definition) is 2. The van der Waals surface area contributed by atoms with Crippen molar-refractivity contribution >= 4 is 11.6 Å². The fourth-order valence-electron chi connectivity index (χ4n) is 1.60. The first-order chi connectivity index (χ1) is 6.40.